The summed E-state index contributed by atoms with van der Waals surface area (Å²) in [6, 6.07) is 4.47. The molecule has 0 saturated heterocycles. The summed E-state index contributed by atoms with van der Waals surface area (Å²) in [5, 5.41) is 17.8. The molecular weight excluding hydrogens is 205 g/mol. The van der Waals surface area contributed by atoms with Crippen LogP contribution in [0.4, 0.5) is 4.39 Å². The minimum absolute atomic E-state index is 0.317. The molecule has 1 rings (SSSR count). The molecule has 0 heterocycles. The van der Waals surface area contributed by atoms with E-state index in [-0.39, 0.29) is 10.8 Å². The first-order chi connectivity index (χ1) is 6.38. The molecule has 0 aliphatic heterocycles. The van der Waals surface area contributed by atoms with E-state index >= 15 is 0 Å². The molecule has 1 N–H and O–H groups in total. The summed E-state index contributed by atoms with van der Waals surface area (Å²) >= 11 is 5.43. The molecule has 0 bridgehead atoms. The number of nitrogens with zero attached hydrogens (tertiary/aromatic N) is 1. The van der Waals surface area contributed by atoms with Crippen LogP contribution in [-0.2, 0) is 5.41 Å². The van der Waals surface area contributed by atoms with E-state index in [0.717, 1.165) is 6.07 Å². The maximum Gasteiger partial charge on any atom is 0.145 e. The number of rotatable bonds is 1. The summed E-state index contributed by atoms with van der Waals surface area (Å²) in [7, 11) is 0. The Balaban J connectivity index is 3.35. The highest BCUT2D eigenvalue weighted by molar-refractivity contribution is 6.32. The first-order valence-corrected chi connectivity index (χ1v) is 4.36. The van der Waals surface area contributed by atoms with E-state index in [1.807, 2.05) is 6.07 Å². The molecular formula is C10H9ClFNO. The van der Waals surface area contributed by atoms with Crippen LogP contribution in [0.15, 0.2) is 12.1 Å². The predicted octanol–water partition coefficient (Wildman–Crippen LogP) is 2.99. The van der Waals surface area contributed by atoms with Gasteiger partial charge in [-0.15, -0.1) is 0 Å². The molecule has 0 fully saturated rings. The molecule has 14 heavy (non-hydrogen) atoms. The quantitative estimate of drug-likeness (QED) is 0.780. The minimum Gasteiger partial charge on any atom is -0.506 e. The lowest BCUT2D eigenvalue weighted by Crippen LogP contribution is -2.14. The van der Waals surface area contributed by atoms with Crippen molar-refractivity contribution in [2.24, 2.45) is 0 Å². The lowest BCUT2D eigenvalue weighted by molar-refractivity contribution is 0.466. The van der Waals surface area contributed by atoms with E-state index < -0.39 is 11.2 Å². The summed E-state index contributed by atoms with van der Waals surface area (Å²) in [6.07, 6.45) is 0. The average Bonchev–Trinajstić information content (AvgIpc) is 2.13. The summed E-state index contributed by atoms with van der Waals surface area (Å²) in [4.78, 5) is 0. The van der Waals surface area contributed by atoms with Crippen molar-refractivity contribution in [3.63, 3.8) is 0 Å². The second-order valence-corrected chi connectivity index (χ2v) is 3.91. The van der Waals surface area contributed by atoms with Gasteiger partial charge < -0.3 is 5.11 Å². The summed E-state index contributed by atoms with van der Waals surface area (Å²) in [5.74, 6) is -1.06. The van der Waals surface area contributed by atoms with E-state index in [0.29, 0.717) is 5.56 Å². The standard InChI is InChI=1S/C10H9ClFNO/c1-10(2,5-13)6-3-7(12)9(11)8(14)4-6/h3-4,14H,1-2H3. The molecule has 1 aromatic rings. The molecule has 0 amide bonds. The first kappa shape index (κ1) is 10.8. The molecule has 1 aromatic carbocycles. The zero-order chi connectivity index (χ0) is 10.9. The molecule has 2 nitrogen and oxygen atoms in total. The Morgan fingerprint density at radius 3 is 2.50 bits per heavy atom. The maximum absolute atomic E-state index is 13.1. The van der Waals surface area contributed by atoms with Crippen LogP contribution < -0.4 is 0 Å². The highest BCUT2D eigenvalue weighted by Crippen LogP contribution is 2.32. The Kier molecular flexibility index (Phi) is 2.68. The number of hydrogen-bond donors (Lipinski definition) is 1. The van der Waals surface area contributed by atoms with E-state index in [9.17, 15) is 9.50 Å². The Hall–Kier alpha value is -1.27. The van der Waals surface area contributed by atoms with Crippen LogP contribution in [0.2, 0.25) is 5.02 Å². The Bertz CT molecular complexity index is 386. The van der Waals surface area contributed by atoms with Gasteiger partial charge in [-0.1, -0.05) is 11.6 Å². The molecule has 0 aliphatic carbocycles. The van der Waals surface area contributed by atoms with Crippen molar-refractivity contribution in [2.45, 2.75) is 19.3 Å². The smallest absolute Gasteiger partial charge is 0.145 e. The molecule has 0 unspecified atom stereocenters. The van der Waals surface area contributed by atoms with Crippen LogP contribution in [0.5, 0.6) is 5.75 Å². The van der Waals surface area contributed by atoms with Gasteiger partial charge in [0.1, 0.15) is 16.6 Å². The van der Waals surface area contributed by atoms with Crippen LogP contribution in [0.3, 0.4) is 0 Å². The number of aromatic hydroxyl groups is 1. The summed E-state index contributed by atoms with van der Waals surface area (Å²) in [5.41, 5.74) is -0.442. The van der Waals surface area contributed by atoms with Gasteiger partial charge in [-0.05, 0) is 31.5 Å². The van der Waals surface area contributed by atoms with E-state index in [4.69, 9.17) is 16.9 Å². The third-order valence-electron chi connectivity index (χ3n) is 2.01. The Morgan fingerprint density at radius 2 is 2.07 bits per heavy atom. The average molecular weight is 214 g/mol. The second-order valence-electron chi connectivity index (χ2n) is 3.53. The largest absolute Gasteiger partial charge is 0.506 e. The van der Waals surface area contributed by atoms with Gasteiger partial charge in [0, 0.05) is 0 Å². The van der Waals surface area contributed by atoms with Gasteiger partial charge in [0.05, 0.1) is 11.5 Å². The van der Waals surface area contributed by atoms with Crippen LogP contribution in [-0.4, -0.2) is 5.11 Å². The van der Waals surface area contributed by atoms with E-state index in [1.54, 1.807) is 13.8 Å². The fourth-order valence-electron chi connectivity index (χ4n) is 1.000. The first-order valence-electron chi connectivity index (χ1n) is 3.98. The molecule has 0 radical (unpaired) electrons. The van der Waals surface area contributed by atoms with Crippen LogP contribution >= 0.6 is 11.6 Å². The fraction of sp³-hybridized carbons (Fsp3) is 0.300. The second kappa shape index (κ2) is 3.47. The third-order valence-corrected chi connectivity index (χ3v) is 2.38. The van der Waals surface area contributed by atoms with Crippen molar-refractivity contribution < 1.29 is 9.50 Å². The molecule has 0 aliphatic rings. The molecule has 0 atom stereocenters. The van der Waals surface area contributed by atoms with Gasteiger partial charge in [-0.2, -0.15) is 5.26 Å². The summed E-state index contributed by atoms with van der Waals surface area (Å²) in [6.45, 7) is 3.27. The van der Waals surface area contributed by atoms with Gasteiger partial charge >= 0.3 is 0 Å². The predicted molar refractivity (Wildman–Crippen MR) is 51.7 cm³/mol. The van der Waals surface area contributed by atoms with Gasteiger partial charge in [-0.3, -0.25) is 0 Å². The molecule has 0 spiro atoms. The highest BCUT2D eigenvalue weighted by Gasteiger charge is 2.22. The van der Waals surface area contributed by atoms with E-state index in [1.165, 1.54) is 6.07 Å². The normalized spacial score (nSPS) is 11.1. The number of hydrogen-bond acceptors (Lipinski definition) is 2. The monoisotopic (exact) mass is 213 g/mol. The molecule has 4 heteroatoms. The summed E-state index contributed by atoms with van der Waals surface area (Å²) < 4.78 is 13.1. The van der Waals surface area contributed by atoms with Crippen molar-refractivity contribution in [3.05, 3.63) is 28.5 Å². The van der Waals surface area contributed by atoms with Crippen LogP contribution in [0.25, 0.3) is 0 Å². The Morgan fingerprint density at radius 1 is 1.50 bits per heavy atom. The number of phenolic OH excluding ortho intramolecular Hbond substituents is 1. The lowest BCUT2D eigenvalue weighted by atomic mass is 9.86. The maximum atomic E-state index is 13.1. The number of benzene rings is 1. The fourth-order valence-corrected chi connectivity index (χ4v) is 1.11. The zero-order valence-corrected chi connectivity index (χ0v) is 8.56. The number of halogens is 2. The van der Waals surface area contributed by atoms with Crippen molar-refractivity contribution >= 4 is 11.6 Å². The van der Waals surface area contributed by atoms with Crippen molar-refractivity contribution in [1.29, 1.82) is 5.26 Å². The molecule has 0 aromatic heterocycles. The number of phenols is 1. The topological polar surface area (TPSA) is 44.0 Å². The van der Waals surface area contributed by atoms with Gasteiger partial charge in [0.15, 0.2) is 0 Å². The molecule has 0 saturated carbocycles. The van der Waals surface area contributed by atoms with Gasteiger partial charge in [0.2, 0.25) is 0 Å². The van der Waals surface area contributed by atoms with Crippen molar-refractivity contribution in [2.75, 3.05) is 0 Å². The number of nitriles is 1. The van der Waals surface area contributed by atoms with Gasteiger partial charge in [0.25, 0.3) is 0 Å². The van der Waals surface area contributed by atoms with Gasteiger partial charge in [-0.25, -0.2) is 4.39 Å². The van der Waals surface area contributed by atoms with Crippen molar-refractivity contribution in [3.8, 4) is 11.8 Å². The lowest BCUT2D eigenvalue weighted by Gasteiger charge is -2.16. The SMILES string of the molecule is CC(C)(C#N)c1cc(O)c(Cl)c(F)c1. The van der Waals surface area contributed by atoms with Crippen molar-refractivity contribution in [1.82, 2.24) is 0 Å². The minimum atomic E-state index is -0.844. The van der Waals surface area contributed by atoms with Crippen LogP contribution in [0, 0.1) is 17.1 Å². The zero-order valence-electron chi connectivity index (χ0n) is 7.81. The highest BCUT2D eigenvalue weighted by atomic mass is 35.5. The molecule has 74 valence electrons. The van der Waals surface area contributed by atoms with Crippen LogP contribution in [0.1, 0.15) is 19.4 Å². The Labute approximate surface area is 86.5 Å². The van der Waals surface area contributed by atoms with E-state index in [2.05, 4.69) is 0 Å². The third kappa shape index (κ3) is 1.80.